The van der Waals surface area contributed by atoms with Crippen molar-refractivity contribution in [1.29, 1.82) is 0 Å². The Morgan fingerprint density at radius 1 is 1.36 bits per heavy atom. The Morgan fingerprint density at radius 2 is 2.09 bits per heavy atom. The summed E-state index contributed by atoms with van der Waals surface area (Å²) in [7, 11) is 1.94. The van der Waals surface area contributed by atoms with E-state index in [0.29, 0.717) is 6.54 Å². The third kappa shape index (κ3) is 2.33. The van der Waals surface area contributed by atoms with Crippen LogP contribution in [0.3, 0.4) is 0 Å². The average molecular weight is 150 g/mol. The maximum Gasteiger partial charge on any atom is 0.0202 e. The fourth-order valence-corrected chi connectivity index (χ4v) is 1.07. The molecular weight excluding hydrogens is 136 g/mol. The molecule has 3 N–H and O–H groups in total. The van der Waals surface area contributed by atoms with Crippen molar-refractivity contribution in [1.82, 2.24) is 5.32 Å². The minimum absolute atomic E-state index is 0.623. The predicted molar refractivity (Wildman–Crippen MR) is 47.1 cm³/mol. The van der Waals surface area contributed by atoms with Crippen LogP contribution in [0.15, 0.2) is 24.3 Å². The molecule has 2 heteroatoms. The first-order valence-electron chi connectivity index (χ1n) is 3.79. The Labute approximate surface area is 67.4 Å². The SMILES string of the molecule is CNCc1cccc(CN)c1. The van der Waals surface area contributed by atoms with Gasteiger partial charge in [0.2, 0.25) is 0 Å². The van der Waals surface area contributed by atoms with Crippen LogP contribution in [0.25, 0.3) is 0 Å². The van der Waals surface area contributed by atoms with E-state index in [1.54, 1.807) is 0 Å². The molecule has 60 valence electrons. The van der Waals surface area contributed by atoms with Gasteiger partial charge >= 0.3 is 0 Å². The van der Waals surface area contributed by atoms with Crippen LogP contribution in [0.2, 0.25) is 0 Å². The van der Waals surface area contributed by atoms with Crippen molar-refractivity contribution in [2.24, 2.45) is 5.73 Å². The highest BCUT2D eigenvalue weighted by Crippen LogP contribution is 2.03. The monoisotopic (exact) mass is 150 g/mol. The summed E-state index contributed by atoms with van der Waals surface area (Å²) in [5.74, 6) is 0. The van der Waals surface area contributed by atoms with Gasteiger partial charge < -0.3 is 11.1 Å². The van der Waals surface area contributed by atoms with Gasteiger partial charge in [-0.25, -0.2) is 0 Å². The second-order valence-electron chi connectivity index (χ2n) is 2.55. The van der Waals surface area contributed by atoms with Crippen LogP contribution >= 0.6 is 0 Å². The Kier molecular flexibility index (Phi) is 3.08. The van der Waals surface area contributed by atoms with Gasteiger partial charge in [0.15, 0.2) is 0 Å². The highest BCUT2D eigenvalue weighted by molar-refractivity contribution is 5.22. The zero-order chi connectivity index (χ0) is 8.10. The van der Waals surface area contributed by atoms with Gasteiger partial charge in [-0.2, -0.15) is 0 Å². The summed E-state index contributed by atoms with van der Waals surface area (Å²) in [4.78, 5) is 0. The summed E-state index contributed by atoms with van der Waals surface area (Å²) in [6.45, 7) is 1.53. The summed E-state index contributed by atoms with van der Waals surface area (Å²) >= 11 is 0. The second-order valence-corrected chi connectivity index (χ2v) is 2.55. The smallest absolute Gasteiger partial charge is 0.0202 e. The summed E-state index contributed by atoms with van der Waals surface area (Å²) in [6.07, 6.45) is 0. The number of benzene rings is 1. The molecule has 0 amide bonds. The molecule has 0 atom stereocenters. The average Bonchev–Trinajstić information content (AvgIpc) is 2.06. The van der Waals surface area contributed by atoms with Gasteiger partial charge in [0.05, 0.1) is 0 Å². The number of hydrogen-bond donors (Lipinski definition) is 2. The highest BCUT2D eigenvalue weighted by Gasteiger charge is 1.91. The molecule has 11 heavy (non-hydrogen) atoms. The number of rotatable bonds is 3. The number of nitrogens with one attached hydrogen (secondary N) is 1. The third-order valence-corrected chi connectivity index (χ3v) is 1.61. The predicted octanol–water partition coefficient (Wildman–Crippen LogP) is 0.865. The van der Waals surface area contributed by atoms with Crippen LogP contribution in [-0.2, 0) is 13.1 Å². The van der Waals surface area contributed by atoms with Crippen molar-refractivity contribution >= 4 is 0 Å². The molecule has 1 rings (SSSR count). The van der Waals surface area contributed by atoms with Gasteiger partial charge in [-0.15, -0.1) is 0 Å². The van der Waals surface area contributed by atoms with E-state index in [2.05, 4.69) is 17.4 Å². The van der Waals surface area contributed by atoms with Crippen LogP contribution in [0, 0.1) is 0 Å². The van der Waals surface area contributed by atoms with E-state index in [1.165, 1.54) is 11.1 Å². The van der Waals surface area contributed by atoms with Crippen molar-refractivity contribution < 1.29 is 0 Å². The van der Waals surface area contributed by atoms with E-state index in [0.717, 1.165) is 6.54 Å². The molecule has 1 aromatic rings. The molecule has 0 saturated carbocycles. The maximum atomic E-state index is 5.49. The van der Waals surface area contributed by atoms with Gasteiger partial charge in [0.1, 0.15) is 0 Å². The van der Waals surface area contributed by atoms with Crippen LogP contribution in [-0.4, -0.2) is 7.05 Å². The zero-order valence-electron chi connectivity index (χ0n) is 6.80. The van der Waals surface area contributed by atoms with Crippen molar-refractivity contribution in [3.63, 3.8) is 0 Å². The van der Waals surface area contributed by atoms with E-state index < -0.39 is 0 Å². The molecule has 0 unspecified atom stereocenters. The second kappa shape index (κ2) is 4.11. The van der Waals surface area contributed by atoms with Crippen molar-refractivity contribution in [2.75, 3.05) is 7.05 Å². The van der Waals surface area contributed by atoms with Crippen LogP contribution in [0.1, 0.15) is 11.1 Å². The first-order valence-corrected chi connectivity index (χ1v) is 3.79. The van der Waals surface area contributed by atoms with Crippen molar-refractivity contribution in [2.45, 2.75) is 13.1 Å². The summed E-state index contributed by atoms with van der Waals surface area (Å²) in [6, 6.07) is 8.29. The Bertz CT molecular complexity index is 221. The normalized spacial score (nSPS) is 10.0. The maximum absolute atomic E-state index is 5.49. The first-order chi connectivity index (χ1) is 5.36. The van der Waals surface area contributed by atoms with Crippen LogP contribution < -0.4 is 11.1 Å². The molecule has 2 nitrogen and oxygen atoms in total. The molecule has 0 bridgehead atoms. The van der Waals surface area contributed by atoms with E-state index >= 15 is 0 Å². The summed E-state index contributed by atoms with van der Waals surface area (Å²) in [5, 5.41) is 3.09. The van der Waals surface area contributed by atoms with Gasteiger partial charge in [-0.1, -0.05) is 24.3 Å². The van der Waals surface area contributed by atoms with E-state index in [9.17, 15) is 0 Å². The standard InChI is InChI=1S/C9H14N2/c1-11-7-9-4-2-3-8(5-9)6-10/h2-5,11H,6-7,10H2,1H3. The molecule has 1 aromatic carbocycles. The lowest BCUT2D eigenvalue weighted by molar-refractivity contribution is 0.815. The summed E-state index contributed by atoms with van der Waals surface area (Å²) in [5.41, 5.74) is 7.97. The molecule has 0 fully saturated rings. The molecular formula is C9H14N2. The number of nitrogens with two attached hydrogens (primary N) is 1. The van der Waals surface area contributed by atoms with Crippen molar-refractivity contribution in [3.8, 4) is 0 Å². The van der Waals surface area contributed by atoms with Gasteiger partial charge in [0.25, 0.3) is 0 Å². The third-order valence-electron chi connectivity index (χ3n) is 1.61. The first kappa shape index (κ1) is 8.24. The van der Waals surface area contributed by atoms with Crippen LogP contribution in [0.5, 0.6) is 0 Å². The molecule has 0 aromatic heterocycles. The van der Waals surface area contributed by atoms with E-state index in [4.69, 9.17) is 5.73 Å². The highest BCUT2D eigenvalue weighted by atomic mass is 14.8. The van der Waals surface area contributed by atoms with Crippen LogP contribution in [0.4, 0.5) is 0 Å². The minimum atomic E-state index is 0.623. The zero-order valence-corrected chi connectivity index (χ0v) is 6.80. The molecule has 0 aliphatic heterocycles. The minimum Gasteiger partial charge on any atom is -0.326 e. The lowest BCUT2D eigenvalue weighted by Crippen LogP contribution is -2.05. The van der Waals surface area contributed by atoms with Gasteiger partial charge in [0, 0.05) is 13.1 Å². The largest absolute Gasteiger partial charge is 0.326 e. The fraction of sp³-hybridized carbons (Fsp3) is 0.333. The molecule has 0 aliphatic carbocycles. The molecule has 0 aliphatic rings. The van der Waals surface area contributed by atoms with Gasteiger partial charge in [-0.3, -0.25) is 0 Å². The molecule has 0 spiro atoms. The van der Waals surface area contributed by atoms with Gasteiger partial charge in [-0.05, 0) is 18.2 Å². The Balaban J connectivity index is 2.74. The fourth-order valence-electron chi connectivity index (χ4n) is 1.07. The number of hydrogen-bond acceptors (Lipinski definition) is 2. The Hall–Kier alpha value is -0.860. The molecule has 0 radical (unpaired) electrons. The molecule has 0 heterocycles. The Morgan fingerprint density at radius 3 is 2.73 bits per heavy atom. The topological polar surface area (TPSA) is 38.0 Å². The quantitative estimate of drug-likeness (QED) is 0.670. The van der Waals surface area contributed by atoms with Crippen molar-refractivity contribution in [3.05, 3.63) is 35.4 Å². The van der Waals surface area contributed by atoms with E-state index in [-0.39, 0.29) is 0 Å². The molecule has 0 saturated heterocycles. The summed E-state index contributed by atoms with van der Waals surface area (Å²) < 4.78 is 0. The lowest BCUT2D eigenvalue weighted by Gasteiger charge is -2.01. The lowest BCUT2D eigenvalue weighted by atomic mass is 10.1. The van der Waals surface area contributed by atoms with E-state index in [1.807, 2.05) is 19.2 Å².